The van der Waals surface area contributed by atoms with E-state index in [4.69, 9.17) is 0 Å². The second kappa shape index (κ2) is 7.64. The molecule has 1 saturated carbocycles. The van der Waals surface area contributed by atoms with Gasteiger partial charge in [0.2, 0.25) is 0 Å². The van der Waals surface area contributed by atoms with E-state index < -0.39 is 18.1 Å². The summed E-state index contributed by atoms with van der Waals surface area (Å²) in [6.45, 7) is 5.03. The Morgan fingerprint density at radius 1 is 1.15 bits per heavy atom. The molecule has 0 saturated heterocycles. The molecule has 1 fully saturated rings. The van der Waals surface area contributed by atoms with Crippen molar-refractivity contribution in [3.8, 4) is 0 Å². The zero-order chi connectivity index (χ0) is 15.3. The van der Waals surface area contributed by atoms with Crippen molar-refractivity contribution >= 4 is 0 Å². The van der Waals surface area contributed by atoms with E-state index in [1.165, 1.54) is 0 Å². The lowest BCUT2D eigenvalue weighted by molar-refractivity contribution is -0.189. The minimum Gasteiger partial charge on any atom is -0.309 e. The molecule has 0 amide bonds. The lowest BCUT2D eigenvalue weighted by Crippen LogP contribution is -2.52. The van der Waals surface area contributed by atoms with Gasteiger partial charge in [-0.25, -0.2) is 0 Å². The largest absolute Gasteiger partial charge is 0.393 e. The summed E-state index contributed by atoms with van der Waals surface area (Å²) in [6, 6.07) is -0.273. The summed E-state index contributed by atoms with van der Waals surface area (Å²) < 4.78 is 39.3. The molecule has 1 aliphatic carbocycles. The molecule has 1 N–H and O–H groups in total. The van der Waals surface area contributed by atoms with E-state index in [2.05, 4.69) is 19.2 Å². The van der Waals surface area contributed by atoms with Crippen LogP contribution in [0.25, 0.3) is 0 Å². The van der Waals surface area contributed by atoms with Gasteiger partial charge in [-0.3, -0.25) is 0 Å². The standard InChI is InChI=1S/C15H29F3N2/c1-11(2)9-12(10-20(3)4)19-14-8-6-5-7-13(14)15(16,17)18/h11-14,19H,5-10H2,1-4H3. The highest BCUT2D eigenvalue weighted by atomic mass is 19.4. The summed E-state index contributed by atoms with van der Waals surface area (Å²) in [4.78, 5) is 2.05. The summed E-state index contributed by atoms with van der Waals surface area (Å²) in [6.07, 6.45) is -0.632. The minimum absolute atomic E-state index is 0.137. The van der Waals surface area contributed by atoms with Crippen molar-refractivity contribution in [1.82, 2.24) is 10.2 Å². The van der Waals surface area contributed by atoms with Gasteiger partial charge in [0.1, 0.15) is 0 Å². The molecule has 0 aliphatic heterocycles. The van der Waals surface area contributed by atoms with Crippen LogP contribution in [0.3, 0.4) is 0 Å². The Kier molecular flexibility index (Phi) is 6.79. The Morgan fingerprint density at radius 3 is 2.25 bits per heavy atom. The fourth-order valence-electron chi connectivity index (χ4n) is 3.23. The van der Waals surface area contributed by atoms with Crippen LogP contribution in [0, 0.1) is 11.8 Å². The fourth-order valence-corrected chi connectivity index (χ4v) is 3.23. The maximum atomic E-state index is 13.1. The lowest BCUT2D eigenvalue weighted by atomic mass is 9.83. The molecule has 120 valence electrons. The Bertz CT molecular complexity index is 267. The maximum absolute atomic E-state index is 13.1. The van der Waals surface area contributed by atoms with Crippen molar-refractivity contribution < 1.29 is 13.2 Å². The topological polar surface area (TPSA) is 15.3 Å². The van der Waals surface area contributed by atoms with Crippen molar-refractivity contribution in [1.29, 1.82) is 0 Å². The van der Waals surface area contributed by atoms with Gasteiger partial charge in [-0.2, -0.15) is 13.2 Å². The predicted octanol–water partition coefficient (Wildman–Crippen LogP) is 3.67. The van der Waals surface area contributed by atoms with Crippen LogP contribution in [-0.2, 0) is 0 Å². The number of halogens is 3. The first-order valence-corrected chi connectivity index (χ1v) is 7.67. The van der Waals surface area contributed by atoms with Crippen molar-refractivity contribution in [2.24, 2.45) is 11.8 Å². The average molecular weight is 294 g/mol. The van der Waals surface area contributed by atoms with Gasteiger partial charge in [-0.05, 0) is 39.3 Å². The van der Waals surface area contributed by atoms with Crippen LogP contribution in [0.2, 0.25) is 0 Å². The first-order chi connectivity index (χ1) is 9.20. The van der Waals surface area contributed by atoms with Crippen molar-refractivity contribution in [2.45, 2.75) is 64.2 Å². The zero-order valence-corrected chi connectivity index (χ0v) is 13.1. The molecule has 0 aromatic rings. The summed E-state index contributed by atoms with van der Waals surface area (Å²) in [5, 5.41) is 3.31. The van der Waals surface area contributed by atoms with Crippen LogP contribution in [0.15, 0.2) is 0 Å². The highest BCUT2D eigenvalue weighted by Crippen LogP contribution is 2.38. The summed E-state index contributed by atoms with van der Waals surface area (Å²) in [5.41, 5.74) is 0. The van der Waals surface area contributed by atoms with Crippen molar-refractivity contribution in [2.75, 3.05) is 20.6 Å². The van der Waals surface area contributed by atoms with Gasteiger partial charge in [0.15, 0.2) is 0 Å². The number of nitrogens with zero attached hydrogens (tertiary/aromatic N) is 1. The van der Waals surface area contributed by atoms with Gasteiger partial charge in [-0.1, -0.05) is 26.7 Å². The smallest absolute Gasteiger partial charge is 0.309 e. The summed E-state index contributed by atoms with van der Waals surface area (Å²) in [5.74, 6) is -0.687. The third kappa shape index (κ3) is 6.00. The highest BCUT2D eigenvalue weighted by Gasteiger charge is 2.45. The molecule has 5 heteroatoms. The maximum Gasteiger partial charge on any atom is 0.393 e. The molecule has 0 aromatic heterocycles. The number of alkyl halides is 3. The quantitative estimate of drug-likeness (QED) is 0.804. The van der Waals surface area contributed by atoms with Crippen LogP contribution in [0.4, 0.5) is 13.2 Å². The van der Waals surface area contributed by atoms with Gasteiger partial charge in [0, 0.05) is 18.6 Å². The van der Waals surface area contributed by atoms with E-state index in [1.807, 2.05) is 19.0 Å². The van der Waals surface area contributed by atoms with E-state index in [0.717, 1.165) is 19.4 Å². The molecule has 0 aromatic carbocycles. The zero-order valence-electron chi connectivity index (χ0n) is 13.1. The average Bonchev–Trinajstić information content (AvgIpc) is 2.26. The molecule has 3 atom stereocenters. The van der Waals surface area contributed by atoms with Crippen LogP contribution in [0.1, 0.15) is 46.0 Å². The van der Waals surface area contributed by atoms with E-state index in [-0.39, 0.29) is 12.5 Å². The molecule has 0 bridgehead atoms. The Balaban J connectivity index is 2.68. The van der Waals surface area contributed by atoms with E-state index >= 15 is 0 Å². The lowest BCUT2D eigenvalue weighted by Gasteiger charge is -2.37. The Morgan fingerprint density at radius 2 is 1.75 bits per heavy atom. The first-order valence-electron chi connectivity index (χ1n) is 7.67. The van der Waals surface area contributed by atoms with Crippen molar-refractivity contribution in [3.05, 3.63) is 0 Å². The molecule has 0 spiro atoms. The second-order valence-corrected chi connectivity index (χ2v) is 6.79. The molecule has 1 aliphatic rings. The first kappa shape index (κ1) is 17.8. The number of nitrogens with one attached hydrogen (secondary N) is 1. The Labute approximate surface area is 121 Å². The molecule has 20 heavy (non-hydrogen) atoms. The number of hydrogen-bond acceptors (Lipinski definition) is 2. The van der Waals surface area contributed by atoms with Crippen LogP contribution in [0.5, 0.6) is 0 Å². The molecule has 2 nitrogen and oxygen atoms in total. The highest BCUT2D eigenvalue weighted by molar-refractivity contribution is 4.88. The Hall–Kier alpha value is -0.290. The summed E-state index contributed by atoms with van der Waals surface area (Å²) >= 11 is 0. The van der Waals surface area contributed by atoms with Crippen LogP contribution >= 0.6 is 0 Å². The monoisotopic (exact) mass is 294 g/mol. The van der Waals surface area contributed by atoms with Crippen molar-refractivity contribution in [3.63, 3.8) is 0 Å². The number of hydrogen-bond donors (Lipinski definition) is 1. The molecule has 0 radical (unpaired) electrons. The molecule has 1 rings (SSSR count). The van der Waals surface area contributed by atoms with E-state index in [1.54, 1.807) is 0 Å². The molecular formula is C15H29F3N2. The van der Waals surface area contributed by atoms with Gasteiger partial charge in [0.25, 0.3) is 0 Å². The van der Waals surface area contributed by atoms with Gasteiger partial charge < -0.3 is 10.2 Å². The number of rotatable bonds is 6. The third-order valence-corrected chi connectivity index (χ3v) is 3.98. The van der Waals surface area contributed by atoms with Gasteiger partial charge >= 0.3 is 6.18 Å². The SMILES string of the molecule is CC(C)CC(CN(C)C)NC1CCCCC1C(F)(F)F. The van der Waals surface area contributed by atoms with E-state index in [0.29, 0.717) is 18.8 Å². The second-order valence-electron chi connectivity index (χ2n) is 6.79. The molecular weight excluding hydrogens is 265 g/mol. The molecule has 3 unspecified atom stereocenters. The van der Waals surface area contributed by atoms with Gasteiger partial charge in [-0.15, -0.1) is 0 Å². The fraction of sp³-hybridized carbons (Fsp3) is 1.00. The minimum atomic E-state index is -4.07. The van der Waals surface area contributed by atoms with Crippen LogP contribution in [-0.4, -0.2) is 43.8 Å². The predicted molar refractivity (Wildman–Crippen MR) is 76.7 cm³/mol. The van der Waals surface area contributed by atoms with Crippen LogP contribution < -0.4 is 5.32 Å². The normalized spacial score (nSPS) is 26.2. The third-order valence-electron chi connectivity index (χ3n) is 3.98. The summed E-state index contributed by atoms with van der Waals surface area (Å²) in [7, 11) is 3.94. The van der Waals surface area contributed by atoms with E-state index in [9.17, 15) is 13.2 Å². The number of likely N-dealkylation sites (N-methyl/N-ethyl adjacent to an activating group) is 1. The molecule has 0 heterocycles. The van der Waals surface area contributed by atoms with Gasteiger partial charge in [0.05, 0.1) is 5.92 Å².